The number of hydrogen-bond acceptors (Lipinski definition) is 11. The first-order chi connectivity index (χ1) is 18.4. The normalized spacial score (nSPS) is 30.2. The summed E-state index contributed by atoms with van der Waals surface area (Å²) in [6.07, 6.45) is 6.32. The molecule has 0 unspecified atom stereocenters. The van der Waals surface area contributed by atoms with Gasteiger partial charge >= 0.3 is 0 Å². The Labute approximate surface area is 227 Å². The average molecular weight is 580 g/mol. The van der Waals surface area contributed by atoms with E-state index in [1.807, 2.05) is 0 Å². The minimum Gasteiger partial charge on any atom is -0.790 e. The summed E-state index contributed by atoms with van der Waals surface area (Å²) in [7, 11) is -5.45. The van der Waals surface area contributed by atoms with E-state index in [1.165, 1.54) is 88.5 Å². The highest BCUT2D eigenvalue weighted by molar-refractivity contribution is 7.43. The van der Waals surface area contributed by atoms with Crippen molar-refractivity contribution in [2.75, 3.05) is 6.61 Å². The summed E-state index contributed by atoms with van der Waals surface area (Å²) < 4.78 is 19.8. The number of aliphatic hydroxyl groups excluding tert-OH is 3. The molecule has 3 fully saturated rings. The van der Waals surface area contributed by atoms with E-state index in [9.17, 15) is 39.8 Å². The lowest BCUT2D eigenvalue weighted by Crippen LogP contribution is -2.65. The van der Waals surface area contributed by atoms with E-state index in [-0.39, 0.29) is 5.56 Å². The Morgan fingerprint density at radius 2 is 1.41 bits per heavy atom. The highest BCUT2D eigenvalue weighted by atomic mass is 31.2. The smallest absolute Gasteiger partial charge is 0.297 e. The minimum absolute atomic E-state index is 0.0948. The van der Waals surface area contributed by atoms with Crippen molar-refractivity contribution in [3.63, 3.8) is 0 Å². The Kier molecular flexibility index (Phi) is 13.7. The highest BCUT2D eigenvalue weighted by Crippen LogP contribution is 2.40. The predicted octanol–water partition coefficient (Wildman–Crippen LogP) is -1.50. The fourth-order valence-electron chi connectivity index (χ4n) is 4.82. The SMILES string of the molecule is O=[N+]([O-])O[C@]1(c2ccccc2)O[C@H](COP(=O)([O-])[O-])[C@H](O)[C@H](O)[C@H]1O.[NH3+]C1CCCCC1.[NH3+]C1CCCCC1. The Hall–Kier alpha value is -1.71. The summed E-state index contributed by atoms with van der Waals surface area (Å²) in [6.45, 7) is -1.05. The van der Waals surface area contributed by atoms with E-state index in [4.69, 9.17) is 4.74 Å². The standard InChI is InChI=1S/C12H16NO11P.2C6H13N/c14-9-8(6-22-25(19,20)21)23-12(24-13(17)18,11(16)10(9)15)7-4-2-1-3-5-7;2*7-6-4-2-1-3-5-6/h1-5,8-11,14-16H,6H2,(H2,19,20,21);2*6H,1-5,7H2/t8-,9+,10+,11-,12+;;/m1../s1. The maximum atomic E-state index is 10.9. The van der Waals surface area contributed by atoms with Crippen LogP contribution in [0, 0.1) is 10.1 Å². The number of quaternary nitrogens is 2. The van der Waals surface area contributed by atoms with Gasteiger partial charge in [-0.3, -0.25) is 4.84 Å². The lowest BCUT2D eigenvalue weighted by molar-refractivity contribution is -0.808. The fourth-order valence-corrected chi connectivity index (χ4v) is 5.15. The van der Waals surface area contributed by atoms with E-state index in [0.29, 0.717) is 0 Å². The summed E-state index contributed by atoms with van der Waals surface area (Å²) in [5.41, 5.74) is 7.90. The second-order valence-corrected chi connectivity index (χ2v) is 11.3. The van der Waals surface area contributed by atoms with Crippen LogP contribution >= 0.6 is 7.82 Å². The largest absolute Gasteiger partial charge is 0.790 e. The summed E-state index contributed by atoms with van der Waals surface area (Å²) in [6, 6.07) is 8.55. The third-order valence-corrected chi connectivity index (χ3v) is 7.47. The Balaban J connectivity index is 0.000000306. The molecule has 15 heteroatoms. The second-order valence-electron chi connectivity index (χ2n) is 10.2. The van der Waals surface area contributed by atoms with Gasteiger partial charge in [0.25, 0.3) is 10.9 Å². The number of phosphoric ester groups is 1. The molecule has 2 aliphatic carbocycles. The van der Waals surface area contributed by atoms with Gasteiger partial charge < -0.3 is 50.4 Å². The second kappa shape index (κ2) is 15.9. The van der Waals surface area contributed by atoms with E-state index < -0.39 is 49.7 Å². The molecule has 9 N–H and O–H groups in total. The number of benzene rings is 1. The van der Waals surface area contributed by atoms with E-state index >= 15 is 0 Å². The Morgan fingerprint density at radius 3 is 1.79 bits per heavy atom. The van der Waals surface area contributed by atoms with Crippen LogP contribution in [0.2, 0.25) is 0 Å². The van der Waals surface area contributed by atoms with Crippen molar-refractivity contribution in [3.05, 3.63) is 46.0 Å². The van der Waals surface area contributed by atoms with Crippen LogP contribution in [0.4, 0.5) is 0 Å². The number of rotatable bonds is 6. The molecule has 224 valence electrons. The van der Waals surface area contributed by atoms with Gasteiger partial charge in [0, 0.05) is 5.56 Å². The first kappa shape index (κ1) is 33.5. The molecule has 0 spiro atoms. The minimum atomic E-state index is -5.45. The van der Waals surface area contributed by atoms with Crippen molar-refractivity contribution in [1.29, 1.82) is 0 Å². The molecule has 5 atom stereocenters. The fraction of sp³-hybridized carbons (Fsp3) is 0.750. The molecule has 0 amide bonds. The number of nitrogens with zero attached hydrogens (tertiary/aromatic N) is 1. The van der Waals surface area contributed by atoms with Gasteiger partial charge in [-0.05, 0) is 51.4 Å². The zero-order valence-electron chi connectivity index (χ0n) is 22.0. The molecular formula is C24H42N3O11P. The van der Waals surface area contributed by atoms with Crippen LogP contribution in [0.15, 0.2) is 30.3 Å². The number of phosphoric acid groups is 1. The summed E-state index contributed by atoms with van der Waals surface area (Å²) in [5.74, 6) is -2.58. The number of hydrogen-bond donors (Lipinski definition) is 5. The maximum absolute atomic E-state index is 10.9. The molecule has 1 heterocycles. The predicted molar refractivity (Wildman–Crippen MR) is 132 cm³/mol. The molecule has 4 rings (SSSR count). The van der Waals surface area contributed by atoms with Gasteiger partial charge in [0.1, 0.15) is 24.4 Å². The first-order valence-corrected chi connectivity index (χ1v) is 14.8. The molecule has 1 aliphatic heterocycles. The molecule has 1 saturated heterocycles. The zero-order chi connectivity index (χ0) is 29.1. The average Bonchev–Trinajstić information content (AvgIpc) is 2.90. The molecule has 0 bridgehead atoms. The van der Waals surface area contributed by atoms with Gasteiger partial charge in [-0.2, -0.15) is 0 Å². The quantitative estimate of drug-likeness (QED) is 0.147. The van der Waals surface area contributed by atoms with Crippen LogP contribution in [0.1, 0.15) is 69.8 Å². The molecule has 0 radical (unpaired) electrons. The van der Waals surface area contributed by atoms with Crippen LogP contribution < -0.4 is 21.3 Å². The molecule has 1 aromatic rings. The van der Waals surface area contributed by atoms with Gasteiger partial charge in [-0.1, -0.05) is 43.2 Å². The monoisotopic (exact) mass is 579 g/mol. The molecule has 39 heavy (non-hydrogen) atoms. The van der Waals surface area contributed by atoms with E-state index in [2.05, 4.69) is 20.8 Å². The van der Waals surface area contributed by atoms with Crippen molar-refractivity contribution < 1.29 is 60.3 Å². The van der Waals surface area contributed by atoms with Crippen LogP contribution in [0.3, 0.4) is 0 Å². The summed E-state index contributed by atoms with van der Waals surface area (Å²) in [4.78, 5) is 36.5. The van der Waals surface area contributed by atoms with E-state index in [0.717, 1.165) is 12.1 Å². The van der Waals surface area contributed by atoms with Crippen molar-refractivity contribution in [2.24, 2.45) is 0 Å². The van der Waals surface area contributed by atoms with Crippen LogP contribution in [-0.2, 0) is 24.5 Å². The number of aliphatic hydroxyl groups is 3. The van der Waals surface area contributed by atoms with Crippen molar-refractivity contribution in [2.45, 2.75) is 106 Å². The van der Waals surface area contributed by atoms with Gasteiger partial charge in [-0.25, -0.2) is 0 Å². The van der Waals surface area contributed by atoms with Crippen LogP contribution in [0.25, 0.3) is 0 Å². The third-order valence-electron chi connectivity index (χ3n) is 7.00. The molecular weight excluding hydrogens is 537 g/mol. The third kappa shape index (κ3) is 11.0. The number of ether oxygens (including phenoxy) is 1. The van der Waals surface area contributed by atoms with Crippen LogP contribution in [0.5, 0.6) is 0 Å². The summed E-state index contributed by atoms with van der Waals surface area (Å²) in [5, 5.41) is 39.7. The van der Waals surface area contributed by atoms with Crippen molar-refractivity contribution in [3.8, 4) is 0 Å². The maximum Gasteiger partial charge on any atom is 0.297 e. The molecule has 0 aromatic heterocycles. The first-order valence-electron chi connectivity index (χ1n) is 13.3. The van der Waals surface area contributed by atoms with Gasteiger partial charge in [0.2, 0.25) is 0 Å². The van der Waals surface area contributed by atoms with Gasteiger partial charge in [-0.15, -0.1) is 10.1 Å². The van der Waals surface area contributed by atoms with Crippen molar-refractivity contribution >= 4 is 7.82 Å². The van der Waals surface area contributed by atoms with Gasteiger partial charge in [0.05, 0.1) is 26.5 Å². The summed E-state index contributed by atoms with van der Waals surface area (Å²) >= 11 is 0. The Morgan fingerprint density at radius 1 is 0.923 bits per heavy atom. The lowest BCUT2D eigenvalue weighted by atomic mass is 9.88. The highest BCUT2D eigenvalue weighted by Gasteiger charge is 2.57. The molecule has 1 aromatic carbocycles. The van der Waals surface area contributed by atoms with E-state index in [1.54, 1.807) is 6.07 Å². The lowest BCUT2D eigenvalue weighted by Gasteiger charge is -2.47. The molecule has 3 aliphatic rings. The molecule has 2 saturated carbocycles. The topological polar surface area (TPSA) is 250 Å². The molecule has 14 nitrogen and oxygen atoms in total. The zero-order valence-corrected chi connectivity index (χ0v) is 22.9. The van der Waals surface area contributed by atoms with Crippen LogP contribution in [-0.4, -0.2) is 63.5 Å². The van der Waals surface area contributed by atoms with Gasteiger partial charge in [0.15, 0.2) is 0 Å². The van der Waals surface area contributed by atoms with Crippen molar-refractivity contribution in [1.82, 2.24) is 0 Å². The Bertz CT molecular complexity index is 881.